The molecule has 0 radical (unpaired) electrons. The minimum atomic E-state index is -0.355. The fraction of sp³-hybridized carbons (Fsp3) is 0.294. The summed E-state index contributed by atoms with van der Waals surface area (Å²) in [6.07, 6.45) is 0.389. The third-order valence-corrected chi connectivity index (χ3v) is 3.74. The van der Waals surface area contributed by atoms with Crippen molar-refractivity contribution in [2.24, 2.45) is 0 Å². The summed E-state index contributed by atoms with van der Waals surface area (Å²) >= 11 is 0. The van der Waals surface area contributed by atoms with Crippen molar-refractivity contribution in [1.82, 2.24) is 0 Å². The standard InChI is InChI=1S/C17H20O6.Na.H/c18-6-12-2-10(3-13(7-19)16(12)22)1-11-4-14(8-20)17(23)15(5-11)9-21;;/h2-5,18-23H,1,6-9H2;;/q;+1;-1. The van der Waals surface area contributed by atoms with Crippen LogP contribution in [-0.2, 0) is 32.8 Å². The summed E-state index contributed by atoms with van der Waals surface area (Å²) in [4.78, 5) is 0. The van der Waals surface area contributed by atoms with Gasteiger partial charge in [0, 0.05) is 22.3 Å². The number of hydrogen-bond acceptors (Lipinski definition) is 6. The number of rotatable bonds is 6. The van der Waals surface area contributed by atoms with Crippen molar-refractivity contribution in [3.05, 3.63) is 57.6 Å². The molecule has 2 rings (SSSR count). The Hall–Kier alpha value is -1.12. The van der Waals surface area contributed by atoms with Crippen molar-refractivity contribution in [3.63, 3.8) is 0 Å². The second kappa shape index (κ2) is 9.39. The molecule has 0 aliphatic rings. The molecular weight excluding hydrogens is 323 g/mol. The molecule has 126 valence electrons. The average molecular weight is 344 g/mol. The Balaban J connectivity index is 0.00000288. The number of phenols is 2. The zero-order chi connectivity index (χ0) is 17.0. The van der Waals surface area contributed by atoms with E-state index in [1.165, 1.54) is 0 Å². The van der Waals surface area contributed by atoms with E-state index in [1.807, 2.05) is 0 Å². The molecule has 0 bridgehead atoms. The molecule has 0 unspecified atom stereocenters. The van der Waals surface area contributed by atoms with Gasteiger partial charge in [-0.25, -0.2) is 0 Å². The molecule has 0 aliphatic heterocycles. The van der Waals surface area contributed by atoms with Crippen LogP contribution in [0.5, 0.6) is 11.5 Å². The van der Waals surface area contributed by atoms with E-state index in [0.717, 1.165) is 11.1 Å². The summed E-state index contributed by atoms with van der Waals surface area (Å²) < 4.78 is 0. The maximum atomic E-state index is 9.86. The maximum Gasteiger partial charge on any atom is 1.00 e. The smallest absolute Gasteiger partial charge is 1.00 e. The summed E-state index contributed by atoms with van der Waals surface area (Å²) in [5.41, 5.74) is 2.75. The number of aliphatic hydroxyl groups is 4. The fourth-order valence-corrected chi connectivity index (χ4v) is 2.59. The van der Waals surface area contributed by atoms with Crippen LogP contribution in [0.25, 0.3) is 0 Å². The van der Waals surface area contributed by atoms with Gasteiger partial charge in [0.05, 0.1) is 26.4 Å². The topological polar surface area (TPSA) is 121 Å². The predicted molar refractivity (Wildman–Crippen MR) is 83.8 cm³/mol. The quantitative estimate of drug-likeness (QED) is 0.330. The Labute approximate surface area is 163 Å². The van der Waals surface area contributed by atoms with Crippen molar-refractivity contribution in [2.45, 2.75) is 32.8 Å². The first-order valence-corrected chi connectivity index (χ1v) is 7.14. The van der Waals surface area contributed by atoms with Crippen molar-refractivity contribution in [3.8, 4) is 11.5 Å². The number of aromatic hydroxyl groups is 2. The van der Waals surface area contributed by atoms with Gasteiger partial charge in [-0.3, -0.25) is 0 Å². The van der Waals surface area contributed by atoms with E-state index in [2.05, 4.69) is 0 Å². The molecule has 6 N–H and O–H groups in total. The van der Waals surface area contributed by atoms with E-state index < -0.39 is 0 Å². The Kier molecular flexibility index (Phi) is 8.18. The van der Waals surface area contributed by atoms with Crippen LogP contribution in [0.15, 0.2) is 24.3 Å². The van der Waals surface area contributed by atoms with Crippen LogP contribution in [0.1, 0.15) is 34.8 Å². The van der Waals surface area contributed by atoms with Gasteiger partial charge in [-0.15, -0.1) is 0 Å². The third kappa shape index (κ3) is 4.49. The zero-order valence-corrected chi connectivity index (χ0v) is 15.5. The molecule has 2 aromatic carbocycles. The molecule has 7 heteroatoms. The molecule has 0 spiro atoms. The van der Waals surface area contributed by atoms with Crippen LogP contribution in [-0.4, -0.2) is 30.6 Å². The Morgan fingerprint density at radius 3 is 1.04 bits per heavy atom. The Morgan fingerprint density at radius 2 is 0.833 bits per heavy atom. The average Bonchev–Trinajstić information content (AvgIpc) is 2.57. The number of hydrogen-bond donors (Lipinski definition) is 6. The van der Waals surface area contributed by atoms with Gasteiger partial charge in [0.15, 0.2) is 0 Å². The largest absolute Gasteiger partial charge is 1.00 e. The zero-order valence-electron chi connectivity index (χ0n) is 14.5. The first kappa shape index (κ1) is 20.9. The van der Waals surface area contributed by atoms with Crippen LogP contribution < -0.4 is 29.6 Å². The minimum Gasteiger partial charge on any atom is -1.00 e. The first-order valence-electron chi connectivity index (χ1n) is 7.14. The molecule has 0 saturated heterocycles. The van der Waals surface area contributed by atoms with Crippen LogP contribution in [0.4, 0.5) is 0 Å². The summed E-state index contributed by atoms with van der Waals surface area (Å²) in [6.45, 7) is -1.42. The second-order valence-corrected chi connectivity index (χ2v) is 5.33. The van der Waals surface area contributed by atoms with Gasteiger partial charge in [0.2, 0.25) is 0 Å². The van der Waals surface area contributed by atoms with Gasteiger partial charge in [0.25, 0.3) is 0 Å². The van der Waals surface area contributed by atoms with Gasteiger partial charge in [-0.05, 0) is 41.8 Å². The van der Waals surface area contributed by atoms with Gasteiger partial charge < -0.3 is 32.1 Å². The molecule has 0 atom stereocenters. The van der Waals surface area contributed by atoms with Crippen LogP contribution in [0.3, 0.4) is 0 Å². The van der Waals surface area contributed by atoms with Crippen molar-refractivity contribution in [2.75, 3.05) is 0 Å². The molecule has 6 nitrogen and oxygen atoms in total. The summed E-state index contributed by atoms with van der Waals surface area (Å²) in [6, 6.07) is 6.49. The monoisotopic (exact) mass is 344 g/mol. The Morgan fingerprint density at radius 1 is 0.583 bits per heavy atom. The fourth-order valence-electron chi connectivity index (χ4n) is 2.59. The van der Waals surface area contributed by atoms with Gasteiger partial charge >= 0.3 is 29.6 Å². The van der Waals surface area contributed by atoms with E-state index in [-0.39, 0.29) is 68.9 Å². The molecular formula is C17H21NaO6. The molecule has 0 aromatic heterocycles. The van der Waals surface area contributed by atoms with E-state index in [4.69, 9.17) is 0 Å². The molecule has 0 fully saturated rings. The molecule has 0 saturated carbocycles. The summed E-state index contributed by atoms with van der Waals surface area (Å²) in [5, 5.41) is 56.9. The predicted octanol–water partition coefficient (Wildman–Crippen LogP) is -2.23. The molecule has 24 heavy (non-hydrogen) atoms. The SMILES string of the molecule is OCc1cc(Cc2cc(CO)c(O)c(CO)c2)cc(CO)c1O.[H-].[Na+]. The van der Waals surface area contributed by atoms with Crippen LogP contribution in [0.2, 0.25) is 0 Å². The number of aliphatic hydroxyl groups excluding tert-OH is 4. The first-order chi connectivity index (χ1) is 11.0. The Bertz CT molecular complexity index is 598. The van der Waals surface area contributed by atoms with E-state index in [9.17, 15) is 30.6 Å². The molecule has 0 aliphatic carbocycles. The van der Waals surface area contributed by atoms with E-state index in [0.29, 0.717) is 28.7 Å². The van der Waals surface area contributed by atoms with Crippen LogP contribution in [0, 0.1) is 0 Å². The van der Waals surface area contributed by atoms with Gasteiger partial charge in [-0.2, -0.15) is 0 Å². The van der Waals surface area contributed by atoms with Crippen molar-refractivity contribution < 1.29 is 61.6 Å². The van der Waals surface area contributed by atoms with Crippen LogP contribution >= 0.6 is 0 Å². The minimum absolute atomic E-state index is 0. The van der Waals surface area contributed by atoms with Crippen molar-refractivity contribution in [1.29, 1.82) is 0 Å². The summed E-state index contributed by atoms with van der Waals surface area (Å²) in [7, 11) is 0. The molecule has 0 heterocycles. The van der Waals surface area contributed by atoms with Gasteiger partial charge in [0.1, 0.15) is 11.5 Å². The summed E-state index contributed by atoms with van der Waals surface area (Å²) in [5.74, 6) is -0.256. The third-order valence-electron chi connectivity index (χ3n) is 3.74. The molecule has 2 aromatic rings. The van der Waals surface area contributed by atoms with Crippen molar-refractivity contribution >= 4 is 0 Å². The normalized spacial score (nSPS) is 10.5. The van der Waals surface area contributed by atoms with E-state index in [1.54, 1.807) is 24.3 Å². The van der Waals surface area contributed by atoms with E-state index >= 15 is 0 Å². The maximum absolute atomic E-state index is 9.86. The second-order valence-electron chi connectivity index (χ2n) is 5.33. The molecule has 0 amide bonds. The number of benzene rings is 2. The van der Waals surface area contributed by atoms with Gasteiger partial charge in [-0.1, -0.05) is 0 Å².